The molecule has 0 radical (unpaired) electrons. The zero-order valence-corrected chi connectivity index (χ0v) is 25.1. The number of hydrogen-bond acceptors (Lipinski definition) is 9. The maximum Gasteiger partial charge on any atom is 0.206 e. The van der Waals surface area contributed by atoms with Crippen LogP contribution in [0.15, 0.2) is 65.7 Å². The average Bonchev–Trinajstić information content (AvgIpc) is 3.32. The normalized spacial score (nSPS) is 21.0. The number of nitrogens with one attached hydrogen (secondary N) is 2. The molecule has 3 aliphatic rings. The number of nitrogens with two attached hydrogens (primary N) is 1. The first-order valence-corrected chi connectivity index (χ1v) is 16.9. The van der Waals surface area contributed by atoms with Crippen LogP contribution in [-0.4, -0.2) is 62.6 Å². The number of sulfone groups is 1. The molecule has 4 N–H and O–H groups in total. The maximum absolute atomic E-state index is 13.0. The van der Waals surface area contributed by atoms with E-state index in [9.17, 15) is 8.42 Å². The summed E-state index contributed by atoms with van der Waals surface area (Å²) in [5, 5.41) is 7.60. The van der Waals surface area contributed by atoms with Crippen molar-refractivity contribution in [2.45, 2.75) is 54.9 Å². The zero-order valence-electron chi connectivity index (χ0n) is 24.3. The molecule has 43 heavy (non-hydrogen) atoms. The van der Waals surface area contributed by atoms with Gasteiger partial charge in [-0.05, 0) is 97.3 Å². The molecule has 2 aromatic heterocycles. The number of aryl methyl sites for hydroxylation is 1. The topological polar surface area (TPSA) is 122 Å². The Balaban J connectivity index is 1.18. The fourth-order valence-corrected chi connectivity index (χ4v) is 7.99. The third-order valence-electron chi connectivity index (χ3n) is 8.81. The molecule has 2 saturated heterocycles. The first kappa shape index (κ1) is 28.2. The zero-order chi connectivity index (χ0) is 29.4. The van der Waals surface area contributed by atoms with Gasteiger partial charge in [-0.2, -0.15) is 0 Å². The Morgan fingerprint density at radius 2 is 1.84 bits per heavy atom. The van der Waals surface area contributed by atoms with E-state index in [0.717, 1.165) is 54.7 Å². The van der Waals surface area contributed by atoms with Gasteiger partial charge in [0, 0.05) is 55.2 Å². The lowest BCUT2D eigenvalue weighted by Gasteiger charge is -2.25. The van der Waals surface area contributed by atoms with Crippen LogP contribution in [0.2, 0.25) is 0 Å². The minimum atomic E-state index is -3.58. The highest BCUT2D eigenvalue weighted by molar-refractivity contribution is 7.92. The monoisotopic (exact) mass is 598 g/mol. The summed E-state index contributed by atoms with van der Waals surface area (Å²) in [4.78, 5) is 12.4. The number of hydrogen-bond donors (Lipinski definition) is 3. The first-order valence-electron chi connectivity index (χ1n) is 15.3. The van der Waals surface area contributed by atoms with Crippen LogP contribution in [0.5, 0.6) is 0 Å². The van der Waals surface area contributed by atoms with E-state index in [-0.39, 0.29) is 10.9 Å². The molecule has 1 unspecified atom stereocenters. The van der Waals surface area contributed by atoms with E-state index < -0.39 is 15.3 Å². The molecule has 0 bridgehead atoms. The van der Waals surface area contributed by atoms with E-state index >= 15 is 0 Å². The highest BCUT2D eigenvalue weighted by Gasteiger charge is 2.30. The second-order valence-corrected chi connectivity index (χ2v) is 13.9. The summed E-state index contributed by atoms with van der Waals surface area (Å²) in [5.41, 5.74) is 13.4. The number of nitrogens with zero attached hydrogens (tertiary/aromatic N) is 3. The number of anilines is 3. The van der Waals surface area contributed by atoms with Crippen molar-refractivity contribution in [2.75, 3.05) is 43.0 Å². The molecule has 2 atom stereocenters. The minimum absolute atomic E-state index is 0.202. The Bertz CT molecular complexity index is 1740. The number of aromatic nitrogens is 2. The Morgan fingerprint density at radius 1 is 1.00 bits per heavy atom. The van der Waals surface area contributed by atoms with Gasteiger partial charge in [0.1, 0.15) is 5.82 Å². The van der Waals surface area contributed by atoms with Crippen molar-refractivity contribution < 1.29 is 13.2 Å². The van der Waals surface area contributed by atoms with Crippen LogP contribution in [-0.2, 0) is 27.4 Å². The third-order valence-corrected chi connectivity index (χ3v) is 10.7. The highest BCUT2D eigenvalue weighted by Crippen LogP contribution is 2.39. The van der Waals surface area contributed by atoms with Gasteiger partial charge < -0.3 is 26.0 Å². The quantitative estimate of drug-likeness (QED) is 0.274. The SMILES string of the molecule is NC1CCN(c2c3c(nc4ccc(-c5ccnc(Nc6ccc(S(=O)(=O)[C@H]7CNCCO7)cc6)c5)cc24)CCCCC3)C1. The van der Waals surface area contributed by atoms with E-state index in [1.165, 1.54) is 41.6 Å². The largest absolute Gasteiger partial charge is 0.369 e. The minimum Gasteiger partial charge on any atom is -0.369 e. The van der Waals surface area contributed by atoms with Crippen molar-refractivity contribution in [1.82, 2.24) is 15.3 Å². The van der Waals surface area contributed by atoms with Crippen molar-refractivity contribution >= 4 is 37.9 Å². The number of rotatable bonds is 6. The summed E-state index contributed by atoms with van der Waals surface area (Å²) in [5.74, 6) is 0.679. The van der Waals surface area contributed by atoms with E-state index in [2.05, 4.69) is 38.7 Å². The van der Waals surface area contributed by atoms with Gasteiger partial charge in [0.05, 0.1) is 22.7 Å². The van der Waals surface area contributed by atoms with E-state index in [4.69, 9.17) is 15.5 Å². The fourth-order valence-electron chi connectivity index (χ4n) is 6.55. The molecule has 224 valence electrons. The molecule has 0 spiro atoms. The van der Waals surface area contributed by atoms with Gasteiger partial charge >= 0.3 is 0 Å². The van der Waals surface area contributed by atoms with Crippen LogP contribution in [0, 0.1) is 0 Å². The summed E-state index contributed by atoms with van der Waals surface area (Å²) in [7, 11) is -3.58. The smallest absolute Gasteiger partial charge is 0.206 e. The molecule has 0 saturated carbocycles. The lowest BCUT2D eigenvalue weighted by molar-refractivity contribution is 0.0785. The van der Waals surface area contributed by atoms with E-state index in [1.54, 1.807) is 30.5 Å². The molecule has 7 rings (SSSR count). The Morgan fingerprint density at radius 3 is 2.63 bits per heavy atom. The summed E-state index contributed by atoms with van der Waals surface area (Å²) in [6, 6.07) is 17.6. The van der Waals surface area contributed by atoms with Crippen molar-refractivity contribution in [3.05, 3.63) is 72.1 Å². The maximum atomic E-state index is 13.0. The summed E-state index contributed by atoms with van der Waals surface area (Å²) in [6.07, 6.45) is 8.55. The van der Waals surface area contributed by atoms with Gasteiger partial charge in [-0.3, -0.25) is 4.98 Å². The van der Waals surface area contributed by atoms with Gasteiger partial charge in [0.2, 0.25) is 9.84 Å². The van der Waals surface area contributed by atoms with Crippen molar-refractivity contribution in [1.29, 1.82) is 0 Å². The molecule has 10 heteroatoms. The second kappa shape index (κ2) is 11.8. The fraction of sp³-hybridized carbons (Fsp3) is 0.394. The third kappa shape index (κ3) is 5.72. The Labute approximate surface area is 252 Å². The van der Waals surface area contributed by atoms with Gasteiger partial charge in [0.25, 0.3) is 0 Å². The van der Waals surface area contributed by atoms with Crippen LogP contribution in [0.1, 0.15) is 36.9 Å². The number of pyridine rings is 2. The molecule has 2 aliphatic heterocycles. The molecular weight excluding hydrogens is 560 g/mol. The Hall–Kier alpha value is -3.57. The number of ether oxygens (including phenoxy) is 1. The summed E-state index contributed by atoms with van der Waals surface area (Å²) < 4.78 is 31.4. The lowest BCUT2D eigenvalue weighted by Crippen LogP contribution is -2.42. The van der Waals surface area contributed by atoms with Gasteiger partial charge in [-0.25, -0.2) is 13.4 Å². The molecule has 4 heterocycles. The van der Waals surface area contributed by atoms with Crippen LogP contribution >= 0.6 is 0 Å². The lowest BCUT2D eigenvalue weighted by atomic mass is 9.97. The van der Waals surface area contributed by atoms with Crippen LogP contribution in [0.4, 0.5) is 17.2 Å². The molecule has 2 fully saturated rings. The van der Waals surface area contributed by atoms with E-state index in [1.807, 2.05) is 12.1 Å². The number of benzene rings is 2. The number of morpholine rings is 1. The predicted octanol–water partition coefficient (Wildman–Crippen LogP) is 4.57. The molecule has 0 amide bonds. The van der Waals surface area contributed by atoms with Gasteiger partial charge in [-0.15, -0.1) is 0 Å². The average molecular weight is 599 g/mol. The van der Waals surface area contributed by atoms with Crippen LogP contribution in [0.3, 0.4) is 0 Å². The van der Waals surface area contributed by atoms with Crippen molar-refractivity contribution in [3.8, 4) is 11.1 Å². The molecular formula is C33H38N6O3S. The first-order chi connectivity index (χ1) is 21.0. The van der Waals surface area contributed by atoms with Crippen LogP contribution < -0.4 is 21.3 Å². The van der Waals surface area contributed by atoms with Gasteiger partial charge in [0.15, 0.2) is 5.44 Å². The van der Waals surface area contributed by atoms with Gasteiger partial charge in [-0.1, -0.05) is 12.5 Å². The summed E-state index contributed by atoms with van der Waals surface area (Å²) in [6.45, 7) is 3.19. The predicted molar refractivity (Wildman–Crippen MR) is 171 cm³/mol. The number of fused-ring (bicyclic) bond motifs is 2. The molecule has 4 aromatic rings. The van der Waals surface area contributed by atoms with Crippen LogP contribution in [0.25, 0.3) is 22.0 Å². The van der Waals surface area contributed by atoms with E-state index in [0.29, 0.717) is 25.5 Å². The van der Waals surface area contributed by atoms with Crippen molar-refractivity contribution in [2.24, 2.45) is 5.73 Å². The Kier molecular flexibility index (Phi) is 7.77. The molecule has 9 nitrogen and oxygen atoms in total. The highest BCUT2D eigenvalue weighted by atomic mass is 32.2. The molecule has 1 aliphatic carbocycles. The van der Waals surface area contributed by atoms with Crippen molar-refractivity contribution in [3.63, 3.8) is 0 Å². The summed E-state index contributed by atoms with van der Waals surface area (Å²) >= 11 is 0. The second-order valence-electron chi connectivity index (χ2n) is 11.8. The standard InChI is InChI=1S/C33H38N6O3S/c34-24-13-16-39(21-24)33-27-4-2-1-3-5-29(27)38-30-11-6-22(18-28(30)33)23-12-14-36-31(19-23)37-25-7-9-26(10-8-25)43(40,41)32-20-35-15-17-42-32/h6-12,14,18-19,24,32,35H,1-5,13,15-17,20-21,34H2,(H,36,37)/t24?,32-/m0/s1. The molecule has 2 aromatic carbocycles.